The van der Waals surface area contributed by atoms with Crippen molar-refractivity contribution in [3.8, 4) is 11.5 Å². The minimum Gasteiger partial charge on any atom is -0.496 e. The number of nitro groups is 1. The molecule has 3 aromatic rings. The molecule has 0 saturated heterocycles. The number of hydrogen-bond donors (Lipinski definition) is 0. The van der Waals surface area contributed by atoms with Gasteiger partial charge in [0.05, 0.1) is 16.9 Å². The molecule has 8 heteroatoms. The molecule has 2 aromatic carbocycles. The van der Waals surface area contributed by atoms with E-state index in [1.807, 2.05) is 13.0 Å². The van der Waals surface area contributed by atoms with Crippen LogP contribution in [-0.2, 0) is 6.61 Å². The molecule has 0 aliphatic heterocycles. The first-order valence-corrected chi connectivity index (χ1v) is 9.71. The number of ketones is 1. The molecular formula is C22H18FNO5S. The van der Waals surface area contributed by atoms with Crippen LogP contribution in [0.5, 0.6) is 11.5 Å². The summed E-state index contributed by atoms with van der Waals surface area (Å²) in [5.41, 5.74) is 0.991. The van der Waals surface area contributed by atoms with E-state index in [-0.39, 0.29) is 23.8 Å². The number of methoxy groups -OCH3 is 1. The van der Waals surface area contributed by atoms with Crippen LogP contribution in [0, 0.1) is 22.9 Å². The first-order valence-electron chi connectivity index (χ1n) is 8.90. The number of halogens is 1. The molecule has 0 spiro atoms. The average molecular weight is 427 g/mol. The Bertz CT molecular complexity index is 1120. The Morgan fingerprint density at radius 2 is 1.97 bits per heavy atom. The summed E-state index contributed by atoms with van der Waals surface area (Å²) < 4.78 is 24.3. The molecule has 30 heavy (non-hydrogen) atoms. The molecule has 0 atom stereocenters. The Hall–Kier alpha value is -3.52. The number of nitro benzene ring substituents is 1. The van der Waals surface area contributed by atoms with Crippen LogP contribution in [0.4, 0.5) is 10.1 Å². The molecule has 0 bridgehead atoms. The summed E-state index contributed by atoms with van der Waals surface area (Å²) in [5.74, 6) is -0.406. The quantitative estimate of drug-likeness (QED) is 0.203. The van der Waals surface area contributed by atoms with Gasteiger partial charge in [-0.05, 0) is 48.9 Å². The zero-order chi connectivity index (χ0) is 21.7. The van der Waals surface area contributed by atoms with Gasteiger partial charge >= 0.3 is 5.69 Å². The van der Waals surface area contributed by atoms with Crippen LogP contribution in [0.3, 0.4) is 0 Å². The number of nitrogens with zero attached hydrogens (tertiary/aromatic N) is 1. The number of thiophene rings is 1. The molecule has 0 N–H and O–H groups in total. The fourth-order valence-electron chi connectivity index (χ4n) is 2.75. The topological polar surface area (TPSA) is 78.7 Å². The molecule has 154 valence electrons. The number of aryl methyl sites for hydroxylation is 1. The van der Waals surface area contributed by atoms with Crippen molar-refractivity contribution in [1.82, 2.24) is 0 Å². The first-order chi connectivity index (χ1) is 14.4. The molecule has 0 fully saturated rings. The van der Waals surface area contributed by atoms with E-state index in [1.165, 1.54) is 24.5 Å². The van der Waals surface area contributed by atoms with Gasteiger partial charge in [-0.2, -0.15) is 0 Å². The van der Waals surface area contributed by atoms with E-state index in [0.29, 0.717) is 16.2 Å². The van der Waals surface area contributed by atoms with Gasteiger partial charge in [-0.25, -0.2) is 4.39 Å². The van der Waals surface area contributed by atoms with Crippen LogP contribution in [-0.4, -0.2) is 17.8 Å². The third kappa shape index (κ3) is 5.09. The lowest BCUT2D eigenvalue weighted by Crippen LogP contribution is -2.02. The minimum absolute atomic E-state index is 0.0762. The number of ether oxygens (including phenoxy) is 2. The highest BCUT2D eigenvalue weighted by molar-refractivity contribution is 7.14. The van der Waals surface area contributed by atoms with E-state index >= 15 is 0 Å². The summed E-state index contributed by atoms with van der Waals surface area (Å²) >= 11 is 1.42. The van der Waals surface area contributed by atoms with Crippen molar-refractivity contribution >= 4 is 28.9 Å². The summed E-state index contributed by atoms with van der Waals surface area (Å²) in [6, 6.07) is 11.9. The zero-order valence-electron chi connectivity index (χ0n) is 16.3. The second-order valence-electron chi connectivity index (χ2n) is 6.34. The highest BCUT2D eigenvalue weighted by Gasteiger charge is 2.17. The van der Waals surface area contributed by atoms with E-state index in [4.69, 9.17) is 9.47 Å². The normalized spacial score (nSPS) is 10.9. The van der Waals surface area contributed by atoms with Crippen molar-refractivity contribution in [2.75, 3.05) is 7.11 Å². The molecule has 0 aliphatic rings. The second-order valence-corrected chi connectivity index (χ2v) is 7.62. The maximum atomic E-state index is 13.5. The van der Waals surface area contributed by atoms with Crippen LogP contribution in [0.2, 0.25) is 0 Å². The van der Waals surface area contributed by atoms with Crippen molar-refractivity contribution in [1.29, 1.82) is 0 Å². The van der Waals surface area contributed by atoms with Gasteiger partial charge in [0.15, 0.2) is 11.5 Å². The predicted molar refractivity (Wildman–Crippen MR) is 113 cm³/mol. The van der Waals surface area contributed by atoms with E-state index < -0.39 is 10.7 Å². The largest absolute Gasteiger partial charge is 0.496 e. The Morgan fingerprint density at radius 3 is 2.63 bits per heavy atom. The van der Waals surface area contributed by atoms with Gasteiger partial charge in [0, 0.05) is 22.6 Å². The SMILES string of the molecule is COc1ccc(/C=C/C(=O)c2ccc(C)s2)cc1COc1cc(F)ccc1[N+](=O)[O-]. The lowest BCUT2D eigenvalue weighted by Gasteiger charge is -2.11. The Kier molecular flexibility index (Phi) is 6.58. The summed E-state index contributed by atoms with van der Waals surface area (Å²) in [6.45, 7) is 1.86. The molecule has 0 aliphatic carbocycles. The van der Waals surface area contributed by atoms with Gasteiger partial charge in [0.2, 0.25) is 0 Å². The molecule has 1 aromatic heterocycles. The van der Waals surface area contributed by atoms with E-state index in [1.54, 1.807) is 30.3 Å². The van der Waals surface area contributed by atoms with Gasteiger partial charge in [-0.3, -0.25) is 14.9 Å². The first kappa shape index (κ1) is 21.2. The predicted octanol–water partition coefficient (Wildman–Crippen LogP) is 5.59. The Labute approximate surface area is 176 Å². The van der Waals surface area contributed by atoms with Crippen LogP contribution < -0.4 is 9.47 Å². The molecule has 0 amide bonds. The van der Waals surface area contributed by atoms with Crippen LogP contribution >= 0.6 is 11.3 Å². The van der Waals surface area contributed by atoms with Gasteiger partial charge in [-0.15, -0.1) is 11.3 Å². The molecule has 3 rings (SSSR count). The maximum Gasteiger partial charge on any atom is 0.311 e. The molecular weight excluding hydrogens is 409 g/mol. The second kappa shape index (κ2) is 9.32. The molecule has 0 unspecified atom stereocenters. The molecule has 0 radical (unpaired) electrons. The van der Waals surface area contributed by atoms with Gasteiger partial charge < -0.3 is 9.47 Å². The van der Waals surface area contributed by atoms with Gasteiger partial charge in [-0.1, -0.05) is 12.1 Å². The highest BCUT2D eigenvalue weighted by atomic mass is 32.1. The fourth-order valence-corrected chi connectivity index (χ4v) is 3.53. The number of hydrogen-bond acceptors (Lipinski definition) is 6. The Balaban J connectivity index is 1.80. The average Bonchev–Trinajstić information content (AvgIpc) is 3.16. The van der Waals surface area contributed by atoms with Crippen molar-refractivity contribution in [3.05, 3.63) is 91.4 Å². The third-order valence-electron chi connectivity index (χ3n) is 4.22. The maximum absolute atomic E-state index is 13.5. The molecule has 6 nitrogen and oxygen atoms in total. The smallest absolute Gasteiger partial charge is 0.311 e. The molecule has 1 heterocycles. The lowest BCUT2D eigenvalue weighted by molar-refractivity contribution is -0.386. The number of carbonyl (C=O) groups excluding carboxylic acids is 1. The van der Waals surface area contributed by atoms with Crippen molar-refractivity contribution in [2.24, 2.45) is 0 Å². The standard InChI is InChI=1S/C22H18FNO5S/c1-14-3-10-22(30-14)19(25)8-4-15-5-9-20(28-2)16(11-15)13-29-21-12-17(23)6-7-18(21)24(26)27/h3-12H,13H2,1-2H3/b8-4+. The molecule has 0 saturated carbocycles. The summed E-state index contributed by atoms with van der Waals surface area (Å²) in [4.78, 5) is 24.5. The van der Waals surface area contributed by atoms with E-state index in [9.17, 15) is 19.3 Å². The Morgan fingerprint density at radius 1 is 1.17 bits per heavy atom. The number of benzene rings is 2. The van der Waals surface area contributed by atoms with Crippen molar-refractivity contribution < 1.29 is 23.6 Å². The zero-order valence-corrected chi connectivity index (χ0v) is 17.1. The highest BCUT2D eigenvalue weighted by Crippen LogP contribution is 2.30. The van der Waals surface area contributed by atoms with Crippen LogP contribution in [0.1, 0.15) is 25.7 Å². The number of rotatable bonds is 8. The van der Waals surface area contributed by atoms with Crippen LogP contribution in [0.25, 0.3) is 6.08 Å². The number of allylic oxidation sites excluding steroid dienone is 1. The van der Waals surface area contributed by atoms with Crippen molar-refractivity contribution in [3.63, 3.8) is 0 Å². The lowest BCUT2D eigenvalue weighted by atomic mass is 10.1. The van der Waals surface area contributed by atoms with Gasteiger partial charge in [0.25, 0.3) is 0 Å². The fraction of sp³-hybridized carbons (Fsp3) is 0.136. The van der Waals surface area contributed by atoms with E-state index in [0.717, 1.165) is 28.6 Å². The summed E-state index contributed by atoms with van der Waals surface area (Å²) in [5, 5.41) is 11.1. The number of carbonyl (C=O) groups is 1. The van der Waals surface area contributed by atoms with Gasteiger partial charge in [0.1, 0.15) is 18.2 Å². The monoisotopic (exact) mass is 427 g/mol. The van der Waals surface area contributed by atoms with Crippen molar-refractivity contribution in [2.45, 2.75) is 13.5 Å². The van der Waals surface area contributed by atoms with Crippen LogP contribution in [0.15, 0.2) is 54.6 Å². The van der Waals surface area contributed by atoms with E-state index in [2.05, 4.69) is 0 Å². The minimum atomic E-state index is -0.637. The summed E-state index contributed by atoms with van der Waals surface area (Å²) in [7, 11) is 1.49. The third-order valence-corrected chi connectivity index (χ3v) is 5.23. The summed E-state index contributed by atoms with van der Waals surface area (Å²) in [6.07, 6.45) is 3.15.